The molecular formula is C22H45. The largest absolute Gasteiger partial charge is 0.0654 e. The highest BCUT2D eigenvalue weighted by molar-refractivity contribution is 4.89. The van der Waals surface area contributed by atoms with Crippen molar-refractivity contribution in [2.75, 3.05) is 0 Å². The summed E-state index contributed by atoms with van der Waals surface area (Å²) >= 11 is 0. The van der Waals surface area contributed by atoms with E-state index in [1.807, 2.05) is 5.92 Å². The van der Waals surface area contributed by atoms with Crippen LogP contribution in [0.1, 0.15) is 136 Å². The molecule has 0 amide bonds. The van der Waals surface area contributed by atoms with Crippen LogP contribution in [0.2, 0.25) is 0 Å². The van der Waals surface area contributed by atoms with Crippen LogP contribution in [0, 0.1) is 5.92 Å². The first-order valence-corrected chi connectivity index (χ1v) is 10.7. The molecule has 0 aliphatic rings. The van der Waals surface area contributed by atoms with Gasteiger partial charge in [0.15, 0.2) is 0 Å². The van der Waals surface area contributed by atoms with Crippen LogP contribution in [-0.2, 0) is 0 Å². The third-order valence-corrected chi connectivity index (χ3v) is 4.90. The Balaban J connectivity index is 3.66. The van der Waals surface area contributed by atoms with Crippen molar-refractivity contribution < 1.29 is 0 Å². The molecule has 0 bridgehead atoms. The van der Waals surface area contributed by atoms with Crippen molar-refractivity contribution in [1.82, 2.24) is 0 Å². The topological polar surface area (TPSA) is 0 Å². The molecule has 0 unspecified atom stereocenters. The summed E-state index contributed by atoms with van der Waals surface area (Å²) in [5, 5.41) is 0. The van der Waals surface area contributed by atoms with Gasteiger partial charge in [0, 0.05) is 0 Å². The molecule has 133 valence electrons. The van der Waals surface area contributed by atoms with Crippen molar-refractivity contribution >= 4 is 0 Å². The summed E-state index contributed by atoms with van der Waals surface area (Å²) < 4.78 is 0. The van der Waals surface area contributed by atoms with E-state index in [-0.39, 0.29) is 0 Å². The zero-order valence-corrected chi connectivity index (χ0v) is 16.2. The lowest BCUT2D eigenvalue weighted by Gasteiger charge is -2.16. The molecule has 0 heterocycles. The first kappa shape index (κ1) is 22.0. The van der Waals surface area contributed by atoms with Crippen molar-refractivity contribution in [1.29, 1.82) is 0 Å². The first-order valence-electron chi connectivity index (χ1n) is 10.7. The molecule has 0 saturated carbocycles. The van der Waals surface area contributed by atoms with Gasteiger partial charge in [-0.25, -0.2) is 0 Å². The van der Waals surface area contributed by atoms with Crippen molar-refractivity contribution in [3.8, 4) is 0 Å². The van der Waals surface area contributed by atoms with E-state index in [2.05, 4.69) is 20.8 Å². The predicted octanol–water partition coefficient (Wildman–Crippen LogP) is 8.64. The molecule has 1 radical (unpaired) electrons. The second kappa shape index (κ2) is 19.0. The van der Waals surface area contributed by atoms with Gasteiger partial charge < -0.3 is 0 Å². The van der Waals surface area contributed by atoms with E-state index in [1.165, 1.54) is 116 Å². The molecule has 0 aromatic heterocycles. The molecule has 0 aromatic carbocycles. The summed E-state index contributed by atoms with van der Waals surface area (Å²) in [4.78, 5) is 0. The first-order chi connectivity index (χ1) is 10.8. The minimum atomic E-state index is 1.36. The fourth-order valence-corrected chi connectivity index (χ4v) is 3.31. The van der Waals surface area contributed by atoms with Crippen molar-refractivity contribution in [3.05, 3.63) is 5.92 Å². The summed E-state index contributed by atoms with van der Waals surface area (Å²) in [7, 11) is 0. The van der Waals surface area contributed by atoms with E-state index in [0.29, 0.717) is 0 Å². The Kier molecular flexibility index (Phi) is 19.0. The molecule has 22 heavy (non-hydrogen) atoms. The molecule has 0 aromatic rings. The molecular weight excluding hydrogens is 264 g/mol. The smallest absolute Gasteiger partial charge is 0.0241 e. The number of unbranched alkanes of at least 4 members (excludes halogenated alkanes) is 12. The van der Waals surface area contributed by atoms with Crippen molar-refractivity contribution in [2.45, 2.75) is 136 Å². The molecule has 0 N–H and O–H groups in total. The van der Waals surface area contributed by atoms with Crippen LogP contribution in [-0.4, -0.2) is 0 Å². The molecule has 0 saturated heterocycles. The van der Waals surface area contributed by atoms with E-state index < -0.39 is 0 Å². The average Bonchev–Trinajstić information content (AvgIpc) is 2.53. The Morgan fingerprint density at radius 2 is 0.636 bits per heavy atom. The fraction of sp³-hybridized carbons (Fsp3) is 0.955. The summed E-state index contributed by atoms with van der Waals surface area (Å²) in [6.45, 7) is 6.93. The van der Waals surface area contributed by atoms with Gasteiger partial charge in [0.1, 0.15) is 0 Å². The molecule has 0 nitrogen and oxygen atoms in total. The lowest BCUT2D eigenvalue weighted by molar-refractivity contribution is 0.519. The van der Waals surface area contributed by atoms with Gasteiger partial charge in [-0.2, -0.15) is 0 Å². The van der Waals surface area contributed by atoms with Crippen LogP contribution in [0.3, 0.4) is 0 Å². The minimum absolute atomic E-state index is 1.36. The summed E-state index contributed by atoms with van der Waals surface area (Å²) in [6.07, 6.45) is 25.8. The maximum atomic E-state index is 2.31. The second-order valence-electron chi connectivity index (χ2n) is 7.24. The predicted molar refractivity (Wildman–Crippen MR) is 103 cm³/mol. The number of rotatable bonds is 18. The standard InChI is InChI=1S/C22H45/c1-4-7-10-13-14-15-18-21-22(19-16-11-8-5-2)20-17-12-9-6-3/h4-21H2,1-3H3. The third kappa shape index (κ3) is 16.4. The Labute approximate surface area is 142 Å². The van der Waals surface area contributed by atoms with Crippen molar-refractivity contribution in [2.24, 2.45) is 0 Å². The lowest BCUT2D eigenvalue weighted by Crippen LogP contribution is -1.99. The van der Waals surface area contributed by atoms with Crippen LogP contribution < -0.4 is 0 Å². The van der Waals surface area contributed by atoms with Gasteiger partial charge in [-0.05, 0) is 25.2 Å². The van der Waals surface area contributed by atoms with Gasteiger partial charge in [0.25, 0.3) is 0 Å². The maximum absolute atomic E-state index is 2.31. The zero-order valence-electron chi connectivity index (χ0n) is 16.2. The molecule has 0 fully saturated rings. The highest BCUT2D eigenvalue weighted by Crippen LogP contribution is 2.26. The number of hydrogen-bond acceptors (Lipinski definition) is 0. The molecule has 0 aliphatic carbocycles. The monoisotopic (exact) mass is 309 g/mol. The Bertz CT molecular complexity index is 172. The summed E-state index contributed by atoms with van der Waals surface area (Å²) in [5.41, 5.74) is 0. The number of hydrogen-bond donors (Lipinski definition) is 0. The van der Waals surface area contributed by atoms with Crippen LogP contribution in [0.5, 0.6) is 0 Å². The highest BCUT2D eigenvalue weighted by atomic mass is 14.1. The van der Waals surface area contributed by atoms with E-state index >= 15 is 0 Å². The Morgan fingerprint density at radius 3 is 1.00 bits per heavy atom. The normalized spacial score (nSPS) is 11.5. The van der Waals surface area contributed by atoms with Crippen LogP contribution in [0.25, 0.3) is 0 Å². The Hall–Kier alpha value is 0. The van der Waals surface area contributed by atoms with Crippen LogP contribution in [0.4, 0.5) is 0 Å². The average molecular weight is 310 g/mol. The van der Waals surface area contributed by atoms with Gasteiger partial charge in [0.05, 0.1) is 0 Å². The SMILES string of the molecule is CCCCCCCCC[C](CCCCCC)CCCCCC. The van der Waals surface area contributed by atoms with E-state index in [0.717, 1.165) is 0 Å². The second-order valence-corrected chi connectivity index (χ2v) is 7.24. The summed E-state index contributed by atoms with van der Waals surface area (Å²) in [6, 6.07) is 0. The van der Waals surface area contributed by atoms with Crippen LogP contribution >= 0.6 is 0 Å². The fourth-order valence-electron chi connectivity index (χ4n) is 3.31. The lowest BCUT2D eigenvalue weighted by atomic mass is 9.89. The minimum Gasteiger partial charge on any atom is -0.0654 e. The quantitative estimate of drug-likeness (QED) is 0.222. The van der Waals surface area contributed by atoms with Gasteiger partial charge in [-0.3, -0.25) is 0 Å². The summed E-state index contributed by atoms with van der Waals surface area (Å²) in [5.74, 6) is 1.90. The van der Waals surface area contributed by atoms with E-state index in [9.17, 15) is 0 Å². The Morgan fingerprint density at radius 1 is 0.364 bits per heavy atom. The van der Waals surface area contributed by atoms with E-state index in [4.69, 9.17) is 0 Å². The van der Waals surface area contributed by atoms with Crippen molar-refractivity contribution in [3.63, 3.8) is 0 Å². The maximum Gasteiger partial charge on any atom is -0.0241 e. The molecule has 0 aliphatic heterocycles. The molecule has 0 atom stereocenters. The molecule has 0 rings (SSSR count). The molecule has 0 heteroatoms. The molecule has 0 spiro atoms. The van der Waals surface area contributed by atoms with Gasteiger partial charge in [-0.1, -0.05) is 117 Å². The van der Waals surface area contributed by atoms with Crippen LogP contribution in [0.15, 0.2) is 0 Å². The van der Waals surface area contributed by atoms with Gasteiger partial charge in [-0.15, -0.1) is 0 Å². The zero-order chi connectivity index (χ0) is 16.3. The van der Waals surface area contributed by atoms with Gasteiger partial charge >= 0.3 is 0 Å². The highest BCUT2D eigenvalue weighted by Gasteiger charge is 2.09. The third-order valence-electron chi connectivity index (χ3n) is 4.90. The van der Waals surface area contributed by atoms with E-state index in [1.54, 1.807) is 0 Å². The van der Waals surface area contributed by atoms with Gasteiger partial charge in [0.2, 0.25) is 0 Å².